The van der Waals surface area contributed by atoms with Gasteiger partial charge in [0.15, 0.2) is 5.96 Å². The second-order valence-electron chi connectivity index (χ2n) is 6.76. The van der Waals surface area contributed by atoms with E-state index in [9.17, 15) is 0 Å². The molecule has 0 aliphatic heterocycles. The standard InChI is InChI=1S/C18H32N4.HI/c1-6-19-17(21-14-18(2,3)15-22(4)5)20-13-12-16-10-8-7-9-11-16;/h7-11H,6,12-15H2,1-5H3,(H2,19,20,21);1H. The summed E-state index contributed by atoms with van der Waals surface area (Å²) in [7, 11) is 4.21. The molecule has 4 nitrogen and oxygen atoms in total. The minimum absolute atomic E-state index is 0. The number of nitrogens with zero attached hydrogens (tertiary/aromatic N) is 2. The molecule has 132 valence electrons. The predicted octanol–water partition coefficient (Wildman–Crippen LogP) is 2.99. The van der Waals surface area contributed by atoms with E-state index in [1.54, 1.807) is 0 Å². The van der Waals surface area contributed by atoms with Gasteiger partial charge in [0.1, 0.15) is 0 Å². The van der Waals surface area contributed by atoms with Gasteiger partial charge in [-0.05, 0) is 38.4 Å². The Morgan fingerprint density at radius 3 is 2.35 bits per heavy atom. The fourth-order valence-corrected chi connectivity index (χ4v) is 2.51. The summed E-state index contributed by atoms with van der Waals surface area (Å²) in [6, 6.07) is 10.5. The lowest BCUT2D eigenvalue weighted by Crippen LogP contribution is -2.40. The molecule has 1 aromatic carbocycles. The molecule has 0 amide bonds. The van der Waals surface area contributed by atoms with Crippen molar-refractivity contribution in [2.75, 3.05) is 40.3 Å². The van der Waals surface area contributed by atoms with Crippen molar-refractivity contribution >= 4 is 29.9 Å². The van der Waals surface area contributed by atoms with Crippen LogP contribution in [0.2, 0.25) is 0 Å². The average molecular weight is 432 g/mol. The molecular weight excluding hydrogens is 399 g/mol. The molecule has 0 radical (unpaired) electrons. The SMILES string of the molecule is CCNC(=NCC(C)(C)CN(C)C)NCCc1ccccc1.I. The van der Waals surface area contributed by atoms with Crippen molar-refractivity contribution in [1.82, 2.24) is 15.5 Å². The molecule has 0 heterocycles. The third-order valence-corrected chi connectivity index (χ3v) is 3.30. The van der Waals surface area contributed by atoms with Crippen molar-refractivity contribution in [3.8, 4) is 0 Å². The van der Waals surface area contributed by atoms with Crippen LogP contribution in [0.3, 0.4) is 0 Å². The maximum absolute atomic E-state index is 4.74. The van der Waals surface area contributed by atoms with Crippen LogP contribution in [-0.2, 0) is 6.42 Å². The quantitative estimate of drug-likeness (QED) is 0.377. The molecule has 0 atom stereocenters. The summed E-state index contributed by atoms with van der Waals surface area (Å²) in [5, 5.41) is 6.74. The molecule has 0 aliphatic rings. The van der Waals surface area contributed by atoms with Gasteiger partial charge >= 0.3 is 0 Å². The summed E-state index contributed by atoms with van der Waals surface area (Å²) in [6.07, 6.45) is 1.01. The highest BCUT2D eigenvalue weighted by molar-refractivity contribution is 14.0. The molecule has 0 fully saturated rings. The van der Waals surface area contributed by atoms with E-state index in [0.717, 1.165) is 38.6 Å². The monoisotopic (exact) mass is 432 g/mol. The maximum Gasteiger partial charge on any atom is 0.191 e. The van der Waals surface area contributed by atoms with Gasteiger partial charge in [0.05, 0.1) is 0 Å². The summed E-state index contributed by atoms with van der Waals surface area (Å²) in [6.45, 7) is 10.2. The van der Waals surface area contributed by atoms with E-state index in [4.69, 9.17) is 4.99 Å². The second-order valence-corrected chi connectivity index (χ2v) is 6.76. The van der Waals surface area contributed by atoms with Gasteiger partial charge in [0, 0.05) is 26.2 Å². The van der Waals surface area contributed by atoms with Crippen LogP contribution in [0.25, 0.3) is 0 Å². The largest absolute Gasteiger partial charge is 0.357 e. The van der Waals surface area contributed by atoms with Crippen LogP contribution < -0.4 is 10.6 Å². The molecule has 5 heteroatoms. The number of halogens is 1. The van der Waals surface area contributed by atoms with Crippen LogP contribution in [0.1, 0.15) is 26.3 Å². The van der Waals surface area contributed by atoms with Crippen molar-refractivity contribution in [3.63, 3.8) is 0 Å². The zero-order valence-electron chi connectivity index (χ0n) is 15.2. The van der Waals surface area contributed by atoms with E-state index in [0.29, 0.717) is 0 Å². The normalized spacial score (nSPS) is 12.0. The lowest BCUT2D eigenvalue weighted by Gasteiger charge is -2.26. The smallest absolute Gasteiger partial charge is 0.191 e. The van der Waals surface area contributed by atoms with Gasteiger partial charge in [-0.25, -0.2) is 0 Å². The van der Waals surface area contributed by atoms with E-state index < -0.39 is 0 Å². The molecule has 0 bridgehead atoms. The van der Waals surface area contributed by atoms with Gasteiger partial charge in [-0.3, -0.25) is 4.99 Å². The number of guanidine groups is 1. The van der Waals surface area contributed by atoms with Gasteiger partial charge in [-0.2, -0.15) is 0 Å². The topological polar surface area (TPSA) is 39.7 Å². The van der Waals surface area contributed by atoms with Crippen molar-refractivity contribution in [2.45, 2.75) is 27.2 Å². The Bertz CT molecular complexity index is 444. The first-order valence-electron chi connectivity index (χ1n) is 8.14. The summed E-state index contributed by atoms with van der Waals surface area (Å²) >= 11 is 0. The van der Waals surface area contributed by atoms with E-state index in [2.05, 4.69) is 80.7 Å². The lowest BCUT2D eigenvalue weighted by molar-refractivity contribution is 0.248. The molecule has 2 N–H and O–H groups in total. The van der Waals surface area contributed by atoms with Gasteiger partial charge in [-0.15, -0.1) is 24.0 Å². The Labute approximate surface area is 159 Å². The van der Waals surface area contributed by atoms with Crippen LogP contribution in [0, 0.1) is 5.41 Å². The Morgan fingerprint density at radius 1 is 1.13 bits per heavy atom. The minimum atomic E-state index is 0. The molecule has 0 saturated heterocycles. The Balaban J connectivity index is 0.00000484. The molecule has 0 unspecified atom stereocenters. The average Bonchev–Trinajstić information content (AvgIpc) is 2.44. The molecule has 0 spiro atoms. The molecule has 1 aromatic rings. The van der Waals surface area contributed by atoms with Crippen LogP contribution >= 0.6 is 24.0 Å². The Hall–Kier alpha value is -0.820. The molecule has 0 aromatic heterocycles. The van der Waals surface area contributed by atoms with Crippen molar-refractivity contribution in [3.05, 3.63) is 35.9 Å². The lowest BCUT2D eigenvalue weighted by atomic mass is 9.93. The number of aliphatic imine (C=N–C) groups is 1. The van der Waals surface area contributed by atoms with Crippen LogP contribution in [0.15, 0.2) is 35.3 Å². The maximum atomic E-state index is 4.74. The van der Waals surface area contributed by atoms with E-state index in [1.165, 1.54) is 5.56 Å². The van der Waals surface area contributed by atoms with Crippen molar-refractivity contribution < 1.29 is 0 Å². The molecule has 23 heavy (non-hydrogen) atoms. The van der Waals surface area contributed by atoms with Gasteiger partial charge in [-0.1, -0.05) is 44.2 Å². The number of hydrogen-bond donors (Lipinski definition) is 2. The molecule has 0 saturated carbocycles. The van der Waals surface area contributed by atoms with Crippen molar-refractivity contribution in [1.29, 1.82) is 0 Å². The molecule has 1 rings (SSSR count). The van der Waals surface area contributed by atoms with Crippen LogP contribution in [0.4, 0.5) is 0 Å². The fraction of sp³-hybridized carbons (Fsp3) is 0.611. The number of nitrogens with one attached hydrogen (secondary N) is 2. The second kappa shape index (κ2) is 11.7. The van der Waals surface area contributed by atoms with Crippen LogP contribution in [-0.4, -0.2) is 51.1 Å². The summed E-state index contributed by atoms with van der Waals surface area (Å²) < 4.78 is 0. The van der Waals surface area contributed by atoms with Gasteiger partial charge in [0.2, 0.25) is 0 Å². The zero-order chi connectivity index (χ0) is 16.4. The predicted molar refractivity (Wildman–Crippen MR) is 112 cm³/mol. The first-order chi connectivity index (χ1) is 10.4. The summed E-state index contributed by atoms with van der Waals surface area (Å²) in [4.78, 5) is 6.95. The number of benzene rings is 1. The van der Waals surface area contributed by atoms with E-state index in [1.807, 2.05) is 0 Å². The van der Waals surface area contributed by atoms with Gasteiger partial charge < -0.3 is 15.5 Å². The minimum Gasteiger partial charge on any atom is -0.357 e. The number of rotatable bonds is 8. The van der Waals surface area contributed by atoms with Crippen LogP contribution in [0.5, 0.6) is 0 Å². The third-order valence-electron chi connectivity index (χ3n) is 3.30. The molecular formula is C18H33IN4. The highest BCUT2D eigenvalue weighted by Crippen LogP contribution is 2.15. The summed E-state index contributed by atoms with van der Waals surface area (Å²) in [5.41, 5.74) is 1.52. The third kappa shape index (κ3) is 10.5. The Kier molecular flexibility index (Phi) is 11.3. The summed E-state index contributed by atoms with van der Waals surface area (Å²) in [5.74, 6) is 0.908. The fourth-order valence-electron chi connectivity index (χ4n) is 2.51. The highest BCUT2D eigenvalue weighted by Gasteiger charge is 2.18. The van der Waals surface area contributed by atoms with Crippen molar-refractivity contribution in [2.24, 2.45) is 10.4 Å². The van der Waals surface area contributed by atoms with Gasteiger partial charge in [0.25, 0.3) is 0 Å². The number of hydrogen-bond acceptors (Lipinski definition) is 2. The highest BCUT2D eigenvalue weighted by atomic mass is 127. The van der Waals surface area contributed by atoms with E-state index in [-0.39, 0.29) is 29.4 Å². The molecule has 0 aliphatic carbocycles. The Morgan fingerprint density at radius 2 is 1.78 bits per heavy atom. The first-order valence-corrected chi connectivity index (χ1v) is 8.14. The zero-order valence-corrected chi connectivity index (χ0v) is 17.6. The van der Waals surface area contributed by atoms with E-state index >= 15 is 0 Å². The first kappa shape index (κ1) is 22.2.